The van der Waals surface area contributed by atoms with Gasteiger partial charge in [0.15, 0.2) is 0 Å². The fourth-order valence-corrected chi connectivity index (χ4v) is 1.89. The summed E-state index contributed by atoms with van der Waals surface area (Å²) in [5.41, 5.74) is 7.15. The Hall–Kier alpha value is -1.36. The predicted octanol–water partition coefficient (Wildman–Crippen LogP) is 0.798. The highest BCUT2D eigenvalue weighted by Gasteiger charge is 2.23. The van der Waals surface area contributed by atoms with E-state index in [2.05, 4.69) is 15.3 Å². The molecule has 1 aliphatic rings. The molecule has 0 saturated heterocycles. The zero-order valence-electron chi connectivity index (χ0n) is 9.33. The van der Waals surface area contributed by atoms with Crippen molar-refractivity contribution in [1.82, 2.24) is 9.97 Å². The number of hydrogen-bond donors (Lipinski definition) is 3. The lowest BCUT2D eigenvalue weighted by Crippen LogP contribution is -2.21. The number of anilines is 1. The van der Waals surface area contributed by atoms with Crippen molar-refractivity contribution >= 4 is 5.69 Å². The first kappa shape index (κ1) is 11.1. The van der Waals surface area contributed by atoms with Crippen molar-refractivity contribution in [1.29, 1.82) is 0 Å². The van der Waals surface area contributed by atoms with Crippen LogP contribution in [0.3, 0.4) is 0 Å². The number of rotatable bonds is 5. The third kappa shape index (κ3) is 2.41. The SMILES string of the molecule is NCCCNc1cnc(=O)[nH]c1C1CCC1. The van der Waals surface area contributed by atoms with E-state index in [4.69, 9.17) is 5.73 Å². The minimum absolute atomic E-state index is 0.258. The molecule has 0 unspecified atom stereocenters. The Bertz CT molecular complexity index is 397. The molecule has 0 aliphatic heterocycles. The van der Waals surface area contributed by atoms with Crippen LogP contribution in [0.2, 0.25) is 0 Å². The number of nitrogens with zero attached hydrogens (tertiary/aromatic N) is 1. The topological polar surface area (TPSA) is 83.8 Å². The number of nitrogens with one attached hydrogen (secondary N) is 2. The smallest absolute Gasteiger partial charge is 0.345 e. The van der Waals surface area contributed by atoms with E-state index in [1.807, 2.05) is 0 Å². The molecule has 1 aliphatic carbocycles. The van der Waals surface area contributed by atoms with E-state index in [0.717, 1.165) is 37.2 Å². The van der Waals surface area contributed by atoms with Gasteiger partial charge in [-0.1, -0.05) is 6.42 Å². The van der Waals surface area contributed by atoms with E-state index in [9.17, 15) is 4.79 Å². The molecular weight excluding hydrogens is 204 g/mol. The highest BCUT2D eigenvalue weighted by Crippen LogP contribution is 2.37. The average Bonchev–Trinajstić information content (AvgIpc) is 2.19. The quantitative estimate of drug-likeness (QED) is 0.643. The minimum Gasteiger partial charge on any atom is -0.382 e. The summed E-state index contributed by atoms with van der Waals surface area (Å²) in [6, 6.07) is 0. The number of aromatic amines is 1. The van der Waals surface area contributed by atoms with Crippen molar-refractivity contribution in [3.63, 3.8) is 0 Å². The summed E-state index contributed by atoms with van der Waals surface area (Å²) in [5, 5.41) is 3.28. The van der Waals surface area contributed by atoms with Crippen LogP contribution in [0.5, 0.6) is 0 Å². The normalized spacial score (nSPS) is 15.8. The molecule has 1 saturated carbocycles. The Kier molecular flexibility index (Phi) is 3.56. The number of aromatic nitrogens is 2. The molecule has 0 radical (unpaired) electrons. The van der Waals surface area contributed by atoms with Crippen molar-refractivity contribution in [3.8, 4) is 0 Å². The summed E-state index contributed by atoms with van der Waals surface area (Å²) in [6.07, 6.45) is 6.11. The molecule has 1 aromatic rings. The van der Waals surface area contributed by atoms with Crippen molar-refractivity contribution in [3.05, 3.63) is 22.4 Å². The van der Waals surface area contributed by atoms with Crippen LogP contribution >= 0.6 is 0 Å². The van der Waals surface area contributed by atoms with Crippen molar-refractivity contribution in [2.45, 2.75) is 31.6 Å². The van der Waals surface area contributed by atoms with Gasteiger partial charge in [0, 0.05) is 18.2 Å². The lowest BCUT2D eigenvalue weighted by Gasteiger charge is -2.27. The zero-order chi connectivity index (χ0) is 11.4. The van der Waals surface area contributed by atoms with Crippen LogP contribution in [0.4, 0.5) is 5.69 Å². The zero-order valence-corrected chi connectivity index (χ0v) is 9.33. The van der Waals surface area contributed by atoms with Crippen molar-refractivity contribution in [2.24, 2.45) is 5.73 Å². The van der Waals surface area contributed by atoms with Gasteiger partial charge in [0.2, 0.25) is 0 Å². The molecule has 2 rings (SSSR count). The van der Waals surface area contributed by atoms with Crippen molar-refractivity contribution < 1.29 is 0 Å². The van der Waals surface area contributed by atoms with E-state index < -0.39 is 0 Å². The Morgan fingerprint density at radius 1 is 1.56 bits per heavy atom. The third-order valence-corrected chi connectivity index (χ3v) is 3.05. The lowest BCUT2D eigenvalue weighted by atomic mass is 9.82. The number of nitrogens with two attached hydrogens (primary N) is 1. The van der Waals surface area contributed by atoms with Gasteiger partial charge in [-0.15, -0.1) is 0 Å². The predicted molar refractivity (Wildman–Crippen MR) is 63.6 cm³/mol. The van der Waals surface area contributed by atoms with Crippen LogP contribution in [0, 0.1) is 0 Å². The molecule has 1 heterocycles. The second-order valence-electron chi connectivity index (χ2n) is 4.21. The second-order valence-corrected chi connectivity index (χ2v) is 4.21. The van der Waals surface area contributed by atoms with Gasteiger partial charge in [0.1, 0.15) is 0 Å². The number of H-pyrrole nitrogens is 1. The van der Waals surface area contributed by atoms with Crippen LogP contribution in [-0.4, -0.2) is 23.1 Å². The van der Waals surface area contributed by atoms with Gasteiger partial charge in [0.05, 0.1) is 11.9 Å². The van der Waals surface area contributed by atoms with Crippen LogP contribution in [0.15, 0.2) is 11.0 Å². The molecule has 0 aromatic carbocycles. The standard InChI is InChI=1S/C11H18N4O/c12-5-2-6-13-9-7-14-11(16)15-10(9)8-3-1-4-8/h7-8,13H,1-6,12H2,(H,14,15,16). The fourth-order valence-electron chi connectivity index (χ4n) is 1.89. The molecular formula is C11H18N4O. The Morgan fingerprint density at radius 2 is 2.38 bits per heavy atom. The summed E-state index contributed by atoms with van der Waals surface area (Å²) < 4.78 is 0. The molecule has 0 amide bonds. The fraction of sp³-hybridized carbons (Fsp3) is 0.636. The van der Waals surface area contributed by atoms with E-state index >= 15 is 0 Å². The first-order valence-corrected chi connectivity index (χ1v) is 5.84. The van der Waals surface area contributed by atoms with Crippen molar-refractivity contribution in [2.75, 3.05) is 18.4 Å². The largest absolute Gasteiger partial charge is 0.382 e. The monoisotopic (exact) mass is 222 g/mol. The van der Waals surface area contributed by atoms with E-state index in [0.29, 0.717) is 12.5 Å². The summed E-state index contributed by atoms with van der Waals surface area (Å²) >= 11 is 0. The van der Waals surface area contributed by atoms with Crippen LogP contribution in [0.1, 0.15) is 37.3 Å². The Labute approximate surface area is 94.5 Å². The van der Waals surface area contributed by atoms with E-state index in [-0.39, 0.29) is 5.69 Å². The summed E-state index contributed by atoms with van der Waals surface area (Å²) in [4.78, 5) is 17.8. The van der Waals surface area contributed by atoms with E-state index in [1.165, 1.54) is 6.42 Å². The Balaban J connectivity index is 2.11. The van der Waals surface area contributed by atoms with Crippen LogP contribution in [0.25, 0.3) is 0 Å². The van der Waals surface area contributed by atoms with Gasteiger partial charge in [-0.25, -0.2) is 4.79 Å². The molecule has 88 valence electrons. The summed E-state index contributed by atoms with van der Waals surface area (Å²) in [6.45, 7) is 1.49. The molecule has 0 spiro atoms. The van der Waals surface area contributed by atoms with Gasteiger partial charge < -0.3 is 16.0 Å². The number of hydrogen-bond acceptors (Lipinski definition) is 4. The van der Waals surface area contributed by atoms with Gasteiger partial charge in [-0.05, 0) is 25.8 Å². The molecule has 0 atom stereocenters. The maximum Gasteiger partial charge on any atom is 0.345 e. The van der Waals surface area contributed by atoms with Crippen LogP contribution in [-0.2, 0) is 0 Å². The first-order valence-electron chi connectivity index (χ1n) is 5.84. The lowest BCUT2D eigenvalue weighted by molar-refractivity contribution is 0.410. The maximum atomic E-state index is 11.2. The third-order valence-electron chi connectivity index (χ3n) is 3.05. The molecule has 16 heavy (non-hydrogen) atoms. The molecule has 5 heteroatoms. The first-order chi connectivity index (χ1) is 7.81. The van der Waals surface area contributed by atoms with Gasteiger partial charge in [-0.3, -0.25) is 0 Å². The Morgan fingerprint density at radius 3 is 3.00 bits per heavy atom. The summed E-state index contributed by atoms with van der Waals surface area (Å²) in [5.74, 6) is 0.496. The molecule has 1 aromatic heterocycles. The highest BCUT2D eigenvalue weighted by molar-refractivity contribution is 5.47. The van der Waals surface area contributed by atoms with Gasteiger partial charge >= 0.3 is 5.69 Å². The average molecular weight is 222 g/mol. The van der Waals surface area contributed by atoms with Gasteiger partial charge in [0.25, 0.3) is 0 Å². The molecule has 1 fully saturated rings. The molecule has 5 nitrogen and oxygen atoms in total. The molecule has 0 bridgehead atoms. The summed E-state index contributed by atoms with van der Waals surface area (Å²) in [7, 11) is 0. The van der Waals surface area contributed by atoms with Crippen LogP contribution < -0.4 is 16.7 Å². The van der Waals surface area contributed by atoms with E-state index in [1.54, 1.807) is 6.20 Å². The van der Waals surface area contributed by atoms with Gasteiger partial charge in [-0.2, -0.15) is 4.98 Å². The maximum absolute atomic E-state index is 11.2. The second kappa shape index (κ2) is 5.12. The molecule has 4 N–H and O–H groups in total. The highest BCUT2D eigenvalue weighted by atomic mass is 16.1. The minimum atomic E-state index is -0.258.